The first-order chi connectivity index (χ1) is 8.73. The second-order valence-corrected chi connectivity index (χ2v) is 4.25. The molecular formula is C11H9F3N2O3. The molecule has 8 heteroatoms. The van der Waals surface area contributed by atoms with Crippen LogP contribution in [0.4, 0.5) is 13.2 Å². The highest BCUT2D eigenvalue weighted by Crippen LogP contribution is 2.39. The topological polar surface area (TPSA) is 76.2 Å². The molecule has 0 unspecified atom stereocenters. The molecular weight excluding hydrogens is 265 g/mol. The monoisotopic (exact) mass is 274 g/mol. The Morgan fingerprint density at radius 3 is 2.53 bits per heavy atom. The lowest BCUT2D eigenvalue weighted by Gasteiger charge is -2.11. The number of rotatable bonds is 2. The molecule has 0 fully saturated rings. The minimum absolute atomic E-state index is 0.0397. The van der Waals surface area contributed by atoms with E-state index in [4.69, 9.17) is 9.63 Å². The van der Waals surface area contributed by atoms with Gasteiger partial charge in [0.25, 0.3) is 5.71 Å². The van der Waals surface area contributed by atoms with Crippen molar-refractivity contribution in [3.63, 3.8) is 0 Å². The first-order valence-electron chi connectivity index (χ1n) is 5.32. The molecule has 0 atom stereocenters. The summed E-state index contributed by atoms with van der Waals surface area (Å²) in [4.78, 5) is 14.5. The maximum absolute atomic E-state index is 13.1. The molecule has 5 nitrogen and oxygen atoms in total. The lowest BCUT2D eigenvalue weighted by Crippen LogP contribution is -2.14. The smallest absolute Gasteiger partial charge is 0.418 e. The molecule has 2 aromatic rings. The maximum Gasteiger partial charge on any atom is 0.418 e. The number of alkyl halides is 3. The van der Waals surface area contributed by atoms with E-state index in [1.165, 1.54) is 0 Å². The van der Waals surface area contributed by atoms with Crippen LogP contribution in [0.15, 0.2) is 10.7 Å². The second-order valence-electron chi connectivity index (χ2n) is 4.25. The van der Waals surface area contributed by atoms with Gasteiger partial charge in [-0.05, 0) is 5.92 Å². The van der Waals surface area contributed by atoms with Crippen molar-refractivity contribution in [3.05, 3.63) is 23.0 Å². The molecule has 0 saturated heterocycles. The standard InChI is InChI=1S/C11H9F3N2O3/c1-4(2)8-6-7(11(12,13)14)5(10(17)18)3-15-9(6)19-16-8/h3-4H,1-2H3,(H,17,18). The fraction of sp³-hybridized carbons (Fsp3) is 0.364. The summed E-state index contributed by atoms with van der Waals surface area (Å²) in [7, 11) is 0. The van der Waals surface area contributed by atoms with Crippen LogP contribution in [0, 0.1) is 0 Å². The minimum Gasteiger partial charge on any atom is -0.478 e. The van der Waals surface area contributed by atoms with Crippen molar-refractivity contribution in [2.75, 3.05) is 0 Å². The first kappa shape index (κ1) is 13.3. The number of hydrogen-bond acceptors (Lipinski definition) is 4. The Morgan fingerprint density at radius 1 is 1.42 bits per heavy atom. The first-order valence-corrected chi connectivity index (χ1v) is 5.32. The summed E-state index contributed by atoms with van der Waals surface area (Å²) in [6.45, 7) is 3.26. The van der Waals surface area contributed by atoms with Gasteiger partial charge in [-0.3, -0.25) is 0 Å². The second kappa shape index (κ2) is 4.22. The van der Waals surface area contributed by atoms with E-state index in [2.05, 4.69) is 10.1 Å². The van der Waals surface area contributed by atoms with Crippen LogP contribution >= 0.6 is 0 Å². The molecule has 2 aromatic heterocycles. The van der Waals surface area contributed by atoms with Crippen molar-refractivity contribution in [2.45, 2.75) is 25.9 Å². The van der Waals surface area contributed by atoms with Crippen molar-refractivity contribution in [1.29, 1.82) is 0 Å². The van der Waals surface area contributed by atoms with Gasteiger partial charge in [0, 0.05) is 6.20 Å². The number of carbonyl (C=O) groups is 1. The van der Waals surface area contributed by atoms with Crippen molar-refractivity contribution in [2.24, 2.45) is 0 Å². The van der Waals surface area contributed by atoms with Crippen LogP contribution in [0.5, 0.6) is 0 Å². The largest absolute Gasteiger partial charge is 0.478 e. The highest BCUT2D eigenvalue weighted by molar-refractivity contribution is 5.96. The zero-order valence-corrected chi connectivity index (χ0v) is 9.95. The van der Waals surface area contributed by atoms with Gasteiger partial charge in [-0.1, -0.05) is 19.0 Å². The van der Waals surface area contributed by atoms with Gasteiger partial charge in [0.15, 0.2) is 0 Å². The Kier molecular flexibility index (Phi) is 2.95. The van der Waals surface area contributed by atoms with Gasteiger partial charge in [0.2, 0.25) is 0 Å². The van der Waals surface area contributed by atoms with Crippen LogP contribution in [0.2, 0.25) is 0 Å². The quantitative estimate of drug-likeness (QED) is 0.910. The SMILES string of the molecule is CC(C)c1noc2ncc(C(=O)O)c(C(F)(F)F)c12. The lowest BCUT2D eigenvalue weighted by atomic mass is 10.00. The van der Waals surface area contributed by atoms with Gasteiger partial charge < -0.3 is 9.63 Å². The number of fused-ring (bicyclic) bond motifs is 1. The highest BCUT2D eigenvalue weighted by atomic mass is 19.4. The zero-order valence-electron chi connectivity index (χ0n) is 9.95. The van der Waals surface area contributed by atoms with Crippen LogP contribution in [0.3, 0.4) is 0 Å². The Morgan fingerprint density at radius 2 is 2.05 bits per heavy atom. The van der Waals surface area contributed by atoms with Gasteiger partial charge in [0.1, 0.15) is 0 Å². The molecule has 0 aliphatic carbocycles. The van der Waals surface area contributed by atoms with Gasteiger partial charge in [-0.15, -0.1) is 0 Å². The highest BCUT2D eigenvalue weighted by Gasteiger charge is 2.40. The van der Waals surface area contributed by atoms with Crippen LogP contribution in [-0.4, -0.2) is 21.2 Å². The van der Waals surface area contributed by atoms with E-state index in [9.17, 15) is 18.0 Å². The van der Waals surface area contributed by atoms with E-state index in [1.807, 2.05) is 0 Å². The molecule has 0 bridgehead atoms. The lowest BCUT2D eigenvalue weighted by molar-refractivity contribution is -0.136. The fourth-order valence-electron chi connectivity index (χ4n) is 1.79. The van der Waals surface area contributed by atoms with E-state index in [0.29, 0.717) is 6.20 Å². The van der Waals surface area contributed by atoms with E-state index in [1.54, 1.807) is 13.8 Å². The summed E-state index contributed by atoms with van der Waals surface area (Å²) in [5, 5.41) is 12.0. The normalized spacial score (nSPS) is 12.3. The average molecular weight is 274 g/mol. The van der Waals surface area contributed by atoms with E-state index in [0.717, 1.165) is 0 Å². The number of hydrogen-bond donors (Lipinski definition) is 1. The maximum atomic E-state index is 13.1. The Labute approximate surface area is 105 Å². The van der Waals surface area contributed by atoms with Gasteiger partial charge >= 0.3 is 12.1 Å². The predicted molar refractivity (Wildman–Crippen MR) is 57.9 cm³/mol. The molecule has 0 radical (unpaired) electrons. The van der Waals surface area contributed by atoms with Crippen LogP contribution in [-0.2, 0) is 6.18 Å². The summed E-state index contributed by atoms with van der Waals surface area (Å²) in [5.41, 5.74) is -2.46. The summed E-state index contributed by atoms with van der Waals surface area (Å²) >= 11 is 0. The summed E-state index contributed by atoms with van der Waals surface area (Å²) in [5.74, 6) is -2.05. The Balaban J connectivity index is 2.93. The number of carboxylic acid groups (broad SMARTS) is 1. The average Bonchev–Trinajstić information content (AvgIpc) is 2.69. The van der Waals surface area contributed by atoms with E-state index >= 15 is 0 Å². The predicted octanol–water partition coefficient (Wildman–Crippen LogP) is 3.06. The summed E-state index contributed by atoms with van der Waals surface area (Å²) in [6.07, 6.45) is -4.20. The van der Waals surface area contributed by atoms with Gasteiger partial charge in [-0.2, -0.15) is 13.2 Å². The summed E-state index contributed by atoms with van der Waals surface area (Å²) in [6, 6.07) is 0. The third-order valence-corrected chi connectivity index (χ3v) is 2.59. The third kappa shape index (κ3) is 2.13. The zero-order chi connectivity index (χ0) is 14.4. The molecule has 102 valence electrons. The molecule has 0 amide bonds. The van der Waals surface area contributed by atoms with Crippen molar-refractivity contribution in [3.8, 4) is 0 Å². The molecule has 2 rings (SSSR count). The minimum atomic E-state index is -4.83. The van der Waals surface area contributed by atoms with Crippen LogP contribution < -0.4 is 0 Å². The number of aromatic carboxylic acids is 1. The van der Waals surface area contributed by atoms with Crippen LogP contribution in [0.25, 0.3) is 11.1 Å². The molecule has 19 heavy (non-hydrogen) atoms. The molecule has 2 heterocycles. The molecule has 0 aliphatic heterocycles. The molecule has 0 spiro atoms. The molecule has 0 aromatic carbocycles. The molecule has 0 saturated carbocycles. The molecule has 1 N–H and O–H groups in total. The number of carboxylic acids is 1. The van der Waals surface area contributed by atoms with Crippen molar-refractivity contribution < 1.29 is 27.6 Å². The van der Waals surface area contributed by atoms with Crippen LogP contribution in [0.1, 0.15) is 41.4 Å². The number of nitrogens with zero attached hydrogens (tertiary/aromatic N) is 2. The third-order valence-electron chi connectivity index (χ3n) is 2.59. The van der Waals surface area contributed by atoms with Gasteiger partial charge in [0.05, 0.1) is 22.2 Å². The Bertz CT molecular complexity index is 646. The number of aromatic nitrogens is 2. The van der Waals surface area contributed by atoms with Crippen molar-refractivity contribution >= 4 is 17.1 Å². The van der Waals surface area contributed by atoms with Crippen molar-refractivity contribution in [1.82, 2.24) is 10.1 Å². The van der Waals surface area contributed by atoms with E-state index < -0.39 is 23.3 Å². The fourth-order valence-corrected chi connectivity index (χ4v) is 1.79. The Hall–Kier alpha value is -2.12. The molecule has 0 aliphatic rings. The number of pyridine rings is 1. The summed E-state index contributed by atoms with van der Waals surface area (Å²) < 4.78 is 44.0. The van der Waals surface area contributed by atoms with Gasteiger partial charge in [-0.25, -0.2) is 9.78 Å². The van der Waals surface area contributed by atoms with E-state index in [-0.39, 0.29) is 22.7 Å². The number of halogens is 3.